The van der Waals surface area contributed by atoms with Crippen molar-refractivity contribution in [2.24, 2.45) is 0 Å². The zero-order valence-corrected chi connectivity index (χ0v) is 7.06. The molecule has 0 fully saturated rings. The number of halogens is 1. The van der Waals surface area contributed by atoms with Gasteiger partial charge < -0.3 is 4.74 Å². The topological polar surface area (TPSA) is 52.1 Å². The van der Waals surface area contributed by atoms with E-state index in [1.165, 1.54) is 12.4 Å². The molecule has 1 heterocycles. The second-order valence-electron chi connectivity index (χ2n) is 1.68. The van der Waals surface area contributed by atoms with Crippen LogP contribution in [0, 0.1) is 0 Å². The number of aromatic nitrogens is 2. The van der Waals surface area contributed by atoms with Gasteiger partial charge in [-0.05, 0) is 15.9 Å². The first-order chi connectivity index (χ1) is 5.34. The predicted octanol–water partition coefficient (Wildman–Crippen LogP) is 1.04. The van der Waals surface area contributed by atoms with Crippen molar-refractivity contribution in [1.82, 2.24) is 9.97 Å². The van der Waals surface area contributed by atoms with Crippen LogP contribution in [0.4, 0.5) is 0 Å². The van der Waals surface area contributed by atoms with Gasteiger partial charge in [0.1, 0.15) is 5.69 Å². The lowest BCUT2D eigenvalue weighted by Crippen LogP contribution is -1.97. The summed E-state index contributed by atoms with van der Waals surface area (Å²) in [6.45, 7) is 0.355. The van der Waals surface area contributed by atoms with E-state index in [0.29, 0.717) is 12.2 Å². The predicted molar refractivity (Wildman–Crippen MR) is 40.8 cm³/mol. The van der Waals surface area contributed by atoms with Crippen molar-refractivity contribution in [2.45, 2.75) is 5.01 Å². The minimum atomic E-state index is -0.506. The molecular weight excluding hydrogens is 212 g/mol. The highest BCUT2D eigenvalue weighted by Gasteiger charge is 2.07. The molecule has 1 rings (SSSR count). The number of carbonyl (C=O) groups excluding carboxylic acids is 1. The van der Waals surface area contributed by atoms with Gasteiger partial charge in [0.05, 0.1) is 6.20 Å². The first-order valence-corrected chi connectivity index (χ1v) is 3.75. The van der Waals surface area contributed by atoms with E-state index in [4.69, 9.17) is 0 Å². The normalized spacial score (nSPS) is 12.1. The molecule has 0 aliphatic heterocycles. The molecule has 1 unspecified atom stereocenters. The number of nitrogens with zero attached hydrogens (tertiary/aromatic N) is 2. The molecule has 0 spiro atoms. The van der Waals surface area contributed by atoms with Crippen LogP contribution in [0.25, 0.3) is 0 Å². The smallest absolute Gasteiger partial charge is 0.294 e. The first-order valence-electron chi connectivity index (χ1n) is 2.83. The van der Waals surface area contributed by atoms with Gasteiger partial charge in [-0.2, -0.15) is 0 Å². The number of hydrogen-bond donors (Lipinski definition) is 0. The lowest BCUT2D eigenvalue weighted by atomic mass is 10.5. The van der Waals surface area contributed by atoms with Crippen molar-refractivity contribution in [3.8, 4) is 0 Å². The fraction of sp³-hybridized carbons (Fsp3) is 0.167. The Morgan fingerprint density at radius 1 is 1.64 bits per heavy atom. The second kappa shape index (κ2) is 4.02. The quantitative estimate of drug-likeness (QED) is 0.560. The third-order valence-electron chi connectivity index (χ3n) is 0.991. The van der Waals surface area contributed by atoms with E-state index in [-0.39, 0.29) is 0 Å². The summed E-state index contributed by atoms with van der Waals surface area (Å²) in [6.07, 6.45) is 4.59. The Labute approximate surface area is 71.7 Å². The van der Waals surface area contributed by atoms with Crippen LogP contribution in [0.1, 0.15) is 10.7 Å². The number of alkyl halides is 1. The van der Waals surface area contributed by atoms with Gasteiger partial charge in [-0.15, -0.1) is 0 Å². The zero-order chi connectivity index (χ0) is 8.10. The summed E-state index contributed by atoms with van der Waals surface area (Å²) in [7, 11) is 0. The molecule has 0 N–H and O–H groups in total. The van der Waals surface area contributed by atoms with Crippen LogP contribution in [0.2, 0.25) is 0 Å². The fourth-order valence-electron chi connectivity index (χ4n) is 0.546. The van der Waals surface area contributed by atoms with Gasteiger partial charge in [0.15, 0.2) is 5.01 Å². The van der Waals surface area contributed by atoms with E-state index in [0.717, 1.165) is 0 Å². The molecule has 0 aliphatic rings. The van der Waals surface area contributed by atoms with Crippen LogP contribution in [-0.4, -0.2) is 16.4 Å². The van der Waals surface area contributed by atoms with Crippen LogP contribution in [0.5, 0.6) is 0 Å². The maximum Gasteiger partial charge on any atom is 0.294 e. The van der Waals surface area contributed by atoms with Gasteiger partial charge in [0, 0.05) is 12.4 Å². The minimum Gasteiger partial charge on any atom is -0.446 e. The molecule has 4 nitrogen and oxygen atoms in total. The summed E-state index contributed by atoms with van der Waals surface area (Å²) in [5.41, 5.74) is 0.569. The molecule has 0 saturated heterocycles. The zero-order valence-electron chi connectivity index (χ0n) is 5.48. The third-order valence-corrected chi connectivity index (χ3v) is 1.68. The average molecular weight is 217 g/mol. The number of ether oxygens (including phenoxy) is 1. The maximum absolute atomic E-state index is 9.89. The van der Waals surface area contributed by atoms with Gasteiger partial charge in [-0.3, -0.25) is 14.8 Å². The van der Waals surface area contributed by atoms with Gasteiger partial charge in [-0.1, -0.05) is 0 Å². The summed E-state index contributed by atoms with van der Waals surface area (Å²) in [5.74, 6) is 0. The molecule has 0 saturated carbocycles. The number of carbonyl (C=O) groups is 1. The molecule has 5 heteroatoms. The molecule has 0 aliphatic carbocycles. The summed E-state index contributed by atoms with van der Waals surface area (Å²) in [4.78, 5) is 17.6. The van der Waals surface area contributed by atoms with E-state index < -0.39 is 5.01 Å². The van der Waals surface area contributed by atoms with Crippen molar-refractivity contribution < 1.29 is 9.53 Å². The highest BCUT2D eigenvalue weighted by Crippen LogP contribution is 2.19. The molecule has 1 atom stereocenters. The van der Waals surface area contributed by atoms with Crippen molar-refractivity contribution in [2.75, 3.05) is 0 Å². The Hall–Kier alpha value is -0.970. The summed E-state index contributed by atoms with van der Waals surface area (Å²) in [6, 6.07) is 0. The summed E-state index contributed by atoms with van der Waals surface area (Å²) in [5, 5.41) is -0.506. The van der Waals surface area contributed by atoms with Gasteiger partial charge in [-0.25, -0.2) is 0 Å². The van der Waals surface area contributed by atoms with E-state index in [9.17, 15) is 4.79 Å². The molecule has 1 aromatic heterocycles. The number of hydrogen-bond acceptors (Lipinski definition) is 4. The van der Waals surface area contributed by atoms with Crippen LogP contribution in [-0.2, 0) is 9.53 Å². The molecular formula is C6H5BrN2O2. The van der Waals surface area contributed by atoms with Crippen molar-refractivity contribution in [3.05, 3.63) is 24.3 Å². The minimum absolute atomic E-state index is 0.355. The SMILES string of the molecule is O=COC(Br)c1cnccn1. The molecule has 1 aromatic rings. The molecule has 0 aromatic carbocycles. The van der Waals surface area contributed by atoms with Crippen molar-refractivity contribution in [1.29, 1.82) is 0 Å². The van der Waals surface area contributed by atoms with Crippen molar-refractivity contribution in [3.63, 3.8) is 0 Å². The molecule has 0 bridgehead atoms. The van der Waals surface area contributed by atoms with Gasteiger partial charge >= 0.3 is 0 Å². The first kappa shape index (κ1) is 8.13. The van der Waals surface area contributed by atoms with Gasteiger partial charge in [0.2, 0.25) is 0 Å². The Kier molecular flexibility index (Phi) is 2.97. The van der Waals surface area contributed by atoms with Crippen molar-refractivity contribution >= 4 is 22.4 Å². The number of rotatable bonds is 3. The van der Waals surface area contributed by atoms with E-state index in [1.807, 2.05) is 0 Å². The van der Waals surface area contributed by atoms with Gasteiger partial charge in [0.25, 0.3) is 6.47 Å². The fourth-order valence-corrected chi connectivity index (χ4v) is 0.871. The molecule has 11 heavy (non-hydrogen) atoms. The Bertz CT molecular complexity index is 229. The van der Waals surface area contributed by atoms with Crippen LogP contribution >= 0.6 is 15.9 Å². The molecule has 58 valence electrons. The Morgan fingerprint density at radius 3 is 3.00 bits per heavy atom. The van der Waals surface area contributed by atoms with Crippen LogP contribution in [0.3, 0.4) is 0 Å². The van der Waals surface area contributed by atoms with Crippen LogP contribution in [0.15, 0.2) is 18.6 Å². The van der Waals surface area contributed by atoms with E-state index >= 15 is 0 Å². The average Bonchev–Trinajstić information content (AvgIpc) is 2.07. The Balaban J connectivity index is 2.68. The lowest BCUT2D eigenvalue weighted by molar-refractivity contribution is -0.130. The highest BCUT2D eigenvalue weighted by atomic mass is 79.9. The summed E-state index contributed by atoms with van der Waals surface area (Å²) < 4.78 is 4.56. The maximum atomic E-state index is 9.89. The van der Waals surface area contributed by atoms with E-state index in [1.54, 1.807) is 6.20 Å². The largest absolute Gasteiger partial charge is 0.446 e. The monoisotopic (exact) mass is 216 g/mol. The van der Waals surface area contributed by atoms with E-state index in [2.05, 4.69) is 30.6 Å². The molecule has 0 amide bonds. The second-order valence-corrected chi connectivity index (χ2v) is 2.51. The molecule has 0 radical (unpaired) electrons. The summed E-state index contributed by atoms with van der Waals surface area (Å²) >= 11 is 3.09. The van der Waals surface area contributed by atoms with Crippen LogP contribution < -0.4 is 0 Å². The third kappa shape index (κ3) is 2.27. The highest BCUT2D eigenvalue weighted by molar-refractivity contribution is 9.09. The lowest BCUT2D eigenvalue weighted by Gasteiger charge is -2.04. The standard InChI is InChI=1S/C6H5BrN2O2/c7-6(11-4-10)5-3-8-1-2-9-5/h1-4,6H. The Morgan fingerprint density at radius 2 is 2.45 bits per heavy atom.